The summed E-state index contributed by atoms with van der Waals surface area (Å²) in [6.07, 6.45) is -2.66. The molecule has 0 amide bonds. The molecule has 0 saturated heterocycles. The summed E-state index contributed by atoms with van der Waals surface area (Å²) < 4.78 is 65.0. The minimum atomic E-state index is -4.58. The van der Waals surface area contributed by atoms with Crippen molar-refractivity contribution in [3.8, 4) is 0 Å². The molecule has 3 N–H and O–H groups in total. The second-order valence-electron chi connectivity index (χ2n) is 5.28. The van der Waals surface area contributed by atoms with E-state index in [-0.39, 0.29) is 23.0 Å². The van der Waals surface area contributed by atoms with Crippen LogP contribution in [0.25, 0.3) is 0 Å². The first kappa shape index (κ1) is 16.3. The molecule has 0 aromatic heterocycles. The summed E-state index contributed by atoms with van der Waals surface area (Å²) >= 11 is 0. The lowest BCUT2D eigenvalue weighted by molar-refractivity contribution is -0.138. The van der Waals surface area contributed by atoms with E-state index in [1.54, 1.807) is 0 Å². The topological polar surface area (TPSA) is 72.2 Å². The summed E-state index contributed by atoms with van der Waals surface area (Å²) in [6, 6.07) is 2.82. The van der Waals surface area contributed by atoms with Crippen LogP contribution in [-0.2, 0) is 16.2 Å². The Morgan fingerprint density at radius 1 is 1.38 bits per heavy atom. The second kappa shape index (κ2) is 5.58. The van der Waals surface area contributed by atoms with E-state index in [1.807, 2.05) is 0 Å². The van der Waals surface area contributed by atoms with Crippen LogP contribution in [0, 0.1) is 12.8 Å². The highest BCUT2D eigenvalue weighted by molar-refractivity contribution is 7.89. The van der Waals surface area contributed by atoms with Crippen molar-refractivity contribution in [3.63, 3.8) is 0 Å². The van der Waals surface area contributed by atoms with Crippen LogP contribution in [-0.4, -0.2) is 21.0 Å². The van der Waals surface area contributed by atoms with E-state index in [0.717, 1.165) is 38.0 Å². The maximum atomic E-state index is 12.8. The van der Waals surface area contributed by atoms with Gasteiger partial charge in [-0.25, -0.2) is 13.1 Å². The number of nitrogens with one attached hydrogen (secondary N) is 1. The van der Waals surface area contributed by atoms with Crippen LogP contribution >= 0.6 is 0 Å². The molecule has 8 heteroatoms. The molecule has 1 fully saturated rings. The fraction of sp³-hybridized carbons (Fsp3) is 0.538. The highest BCUT2D eigenvalue weighted by Crippen LogP contribution is 2.34. The van der Waals surface area contributed by atoms with E-state index in [4.69, 9.17) is 5.73 Å². The predicted octanol–water partition coefficient (Wildman–Crippen LogP) is 2.03. The summed E-state index contributed by atoms with van der Waals surface area (Å²) in [7, 11) is -4.00. The van der Waals surface area contributed by atoms with Crippen LogP contribution in [0.4, 0.5) is 13.2 Å². The highest BCUT2D eigenvalue weighted by atomic mass is 32.2. The highest BCUT2D eigenvalue weighted by Gasteiger charge is 2.35. The molecule has 0 spiro atoms. The van der Waals surface area contributed by atoms with Crippen LogP contribution in [0.5, 0.6) is 0 Å². The number of hydrogen-bond donors (Lipinski definition) is 2. The van der Waals surface area contributed by atoms with Gasteiger partial charge in [-0.05, 0) is 43.4 Å². The normalized spacial score (nSPS) is 17.8. The quantitative estimate of drug-likeness (QED) is 0.871. The van der Waals surface area contributed by atoms with Crippen molar-refractivity contribution in [3.05, 3.63) is 29.3 Å². The Morgan fingerprint density at radius 2 is 2.00 bits per heavy atom. The third-order valence-corrected chi connectivity index (χ3v) is 5.18. The van der Waals surface area contributed by atoms with Crippen molar-refractivity contribution in [2.75, 3.05) is 6.54 Å². The first-order valence-electron chi connectivity index (χ1n) is 6.55. The number of alkyl halides is 3. The van der Waals surface area contributed by atoms with Gasteiger partial charge in [0.25, 0.3) is 0 Å². The summed E-state index contributed by atoms with van der Waals surface area (Å²) in [5.74, 6) is 0.301. The van der Waals surface area contributed by atoms with Crippen molar-refractivity contribution < 1.29 is 21.6 Å². The molecule has 1 aliphatic rings. The fourth-order valence-corrected chi connectivity index (χ4v) is 3.53. The zero-order chi connectivity index (χ0) is 15.8. The lowest BCUT2D eigenvalue weighted by Gasteiger charge is -2.16. The Hall–Kier alpha value is -1.12. The number of sulfonamides is 1. The molecule has 1 unspecified atom stereocenters. The maximum Gasteiger partial charge on any atom is 0.416 e. The third kappa shape index (κ3) is 3.75. The number of rotatable bonds is 5. The number of benzene rings is 1. The first-order valence-corrected chi connectivity index (χ1v) is 8.03. The summed E-state index contributed by atoms with van der Waals surface area (Å²) in [4.78, 5) is -0.361. The summed E-state index contributed by atoms with van der Waals surface area (Å²) in [5.41, 5.74) is 4.54. The van der Waals surface area contributed by atoms with Gasteiger partial charge in [0.05, 0.1) is 10.5 Å². The van der Waals surface area contributed by atoms with Crippen LogP contribution in [0.2, 0.25) is 0 Å². The minimum absolute atomic E-state index is 0.0304. The molecule has 2 rings (SSSR count). The van der Waals surface area contributed by atoms with Crippen LogP contribution in [0.1, 0.15) is 24.0 Å². The van der Waals surface area contributed by atoms with E-state index in [9.17, 15) is 21.6 Å². The van der Waals surface area contributed by atoms with Crippen molar-refractivity contribution >= 4 is 10.0 Å². The number of nitrogens with two attached hydrogens (primary N) is 1. The molecule has 0 radical (unpaired) electrons. The van der Waals surface area contributed by atoms with E-state index in [1.165, 1.54) is 0 Å². The number of halogens is 3. The van der Waals surface area contributed by atoms with Crippen LogP contribution < -0.4 is 10.5 Å². The third-order valence-electron chi connectivity index (χ3n) is 3.62. The largest absolute Gasteiger partial charge is 0.416 e. The zero-order valence-electron chi connectivity index (χ0n) is 11.4. The molecule has 1 aromatic carbocycles. The standard InChI is InChI=1S/C13H17F3N2O2S/c1-8-10(13(14,15)16)3-2-4-12(8)21(19,20)18-7-11(17)9-5-6-9/h2-4,9,11,18H,5-7,17H2,1H3. The minimum Gasteiger partial charge on any atom is -0.326 e. The van der Waals surface area contributed by atoms with Gasteiger partial charge in [-0.15, -0.1) is 0 Å². The van der Waals surface area contributed by atoms with Gasteiger partial charge in [0.1, 0.15) is 0 Å². The van der Waals surface area contributed by atoms with E-state index >= 15 is 0 Å². The summed E-state index contributed by atoms with van der Waals surface area (Å²) in [5, 5.41) is 0. The Labute approximate surface area is 121 Å². The lowest BCUT2D eigenvalue weighted by atomic mass is 10.1. The van der Waals surface area contributed by atoms with Gasteiger partial charge in [-0.1, -0.05) is 6.07 Å². The molecule has 1 aromatic rings. The Balaban J connectivity index is 2.23. The van der Waals surface area contributed by atoms with Gasteiger partial charge in [0.2, 0.25) is 10.0 Å². The molecule has 118 valence electrons. The van der Waals surface area contributed by atoms with Gasteiger partial charge >= 0.3 is 6.18 Å². The summed E-state index contributed by atoms with van der Waals surface area (Å²) in [6.45, 7) is 1.18. The van der Waals surface area contributed by atoms with Crippen molar-refractivity contribution in [2.24, 2.45) is 11.7 Å². The molecular formula is C13H17F3N2O2S. The van der Waals surface area contributed by atoms with Crippen LogP contribution in [0.15, 0.2) is 23.1 Å². The van der Waals surface area contributed by atoms with Crippen molar-refractivity contribution in [2.45, 2.75) is 36.9 Å². The molecule has 0 aliphatic heterocycles. The molecule has 4 nitrogen and oxygen atoms in total. The van der Waals surface area contributed by atoms with Gasteiger partial charge < -0.3 is 5.73 Å². The average molecular weight is 322 g/mol. The Kier molecular flexibility index (Phi) is 4.32. The van der Waals surface area contributed by atoms with E-state index in [0.29, 0.717) is 5.92 Å². The second-order valence-corrected chi connectivity index (χ2v) is 7.02. The van der Waals surface area contributed by atoms with Gasteiger partial charge in [0, 0.05) is 12.6 Å². The van der Waals surface area contributed by atoms with Crippen molar-refractivity contribution in [1.82, 2.24) is 4.72 Å². The van der Waals surface area contributed by atoms with Crippen LogP contribution in [0.3, 0.4) is 0 Å². The van der Waals surface area contributed by atoms with E-state index in [2.05, 4.69) is 4.72 Å². The SMILES string of the molecule is Cc1c(C(F)(F)F)cccc1S(=O)(=O)NCC(N)C1CC1. The molecule has 21 heavy (non-hydrogen) atoms. The van der Waals surface area contributed by atoms with Gasteiger partial charge in [-0.2, -0.15) is 13.2 Å². The molecule has 1 atom stereocenters. The van der Waals surface area contributed by atoms with Gasteiger partial charge in [0.15, 0.2) is 0 Å². The maximum absolute atomic E-state index is 12.8. The lowest BCUT2D eigenvalue weighted by Crippen LogP contribution is -2.38. The Bertz CT molecular complexity index is 625. The average Bonchev–Trinajstić information content (AvgIpc) is 3.19. The zero-order valence-corrected chi connectivity index (χ0v) is 12.3. The molecule has 1 aliphatic carbocycles. The first-order chi connectivity index (χ1) is 9.63. The van der Waals surface area contributed by atoms with E-state index < -0.39 is 21.8 Å². The molecule has 0 heterocycles. The smallest absolute Gasteiger partial charge is 0.326 e. The molecular weight excluding hydrogens is 305 g/mol. The monoisotopic (exact) mass is 322 g/mol. The van der Waals surface area contributed by atoms with Crippen molar-refractivity contribution in [1.29, 1.82) is 0 Å². The number of hydrogen-bond acceptors (Lipinski definition) is 3. The molecule has 1 saturated carbocycles. The molecule has 0 bridgehead atoms. The fourth-order valence-electron chi connectivity index (χ4n) is 2.19. The predicted molar refractivity (Wildman–Crippen MR) is 72.1 cm³/mol. The Morgan fingerprint density at radius 3 is 2.52 bits per heavy atom. The van der Waals surface area contributed by atoms with Gasteiger partial charge in [-0.3, -0.25) is 0 Å².